The number of nitrogens with two attached hydrogens (primary N) is 1. The third kappa shape index (κ3) is 1.80. The average molecular weight is 126 g/mol. The molecule has 0 aromatic heterocycles. The molecule has 0 unspecified atom stereocenters. The van der Waals surface area contributed by atoms with Crippen molar-refractivity contribution in [3.05, 3.63) is 12.2 Å². The molecule has 0 amide bonds. The van der Waals surface area contributed by atoms with Gasteiger partial charge < -0.3 is 0 Å². The first kappa shape index (κ1) is 6.78. The van der Waals surface area contributed by atoms with E-state index in [0.29, 0.717) is 0 Å². The molecule has 0 saturated carbocycles. The lowest BCUT2D eigenvalue weighted by Crippen LogP contribution is -2.41. The number of rotatable bonds is 0. The summed E-state index contributed by atoms with van der Waals surface area (Å²) in [5.41, 5.74) is 0.271. The lowest BCUT2D eigenvalue weighted by atomic mass is 9.91. The van der Waals surface area contributed by atoms with Crippen LogP contribution in [0.25, 0.3) is 0 Å². The van der Waals surface area contributed by atoms with Crippen LogP contribution < -0.4 is 5.84 Å². The molecule has 2 N–H and O–H groups in total. The highest BCUT2D eigenvalue weighted by atomic mass is 15.4. The number of hydrazine groups is 1. The summed E-state index contributed by atoms with van der Waals surface area (Å²) >= 11 is 0. The molecule has 0 radical (unpaired) electrons. The Bertz CT molecular complexity index is 127. The van der Waals surface area contributed by atoms with Crippen molar-refractivity contribution in [1.82, 2.24) is 5.01 Å². The van der Waals surface area contributed by atoms with Crippen molar-refractivity contribution in [3.63, 3.8) is 0 Å². The number of nitrogens with zero attached hydrogens (tertiary/aromatic N) is 1. The Morgan fingerprint density at radius 2 is 2.22 bits per heavy atom. The molecular formula is C7H14N2. The van der Waals surface area contributed by atoms with E-state index in [1.807, 2.05) is 5.01 Å². The van der Waals surface area contributed by atoms with Crippen LogP contribution in [0.4, 0.5) is 0 Å². The zero-order chi connectivity index (χ0) is 6.91. The monoisotopic (exact) mass is 126 g/mol. The first-order valence-electron chi connectivity index (χ1n) is 3.27. The zero-order valence-electron chi connectivity index (χ0n) is 6.09. The van der Waals surface area contributed by atoms with Gasteiger partial charge in [-0.3, -0.25) is 5.84 Å². The van der Waals surface area contributed by atoms with E-state index in [-0.39, 0.29) is 5.41 Å². The standard InChI is InChI=1S/C7H14N2/c1-7(2)4-3-5-9(8)6-7/h3-4H,5-6,8H2,1-2H3. The summed E-state index contributed by atoms with van der Waals surface area (Å²) in [6, 6.07) is 0. The van der Waals surface area contributed by atoms with Crippen molar-refractivity contribution < 1.29 is 0 Å². The van der Waals surface area contributed by atoms with Gasteiger partial charge >= 0.3 is 0 Å². The fourth-order valence-corrected chi connectivity index (χ4v) is 1.15. The lowest BCUT2D eigenvalue weighted by Gasteiger charge is -2.30. The summed E-state index contributed by atoms with van der Waals surface area (Å²) in [6.07, 6.45) is 4.33. The highest BCUT2D eigenvalue weighted by Gasteiger charge is 2.19. The highest BCUT2D eigenvalue weighted by molar-refractivity contribution is 5.01. The molecule has 0 aromatic rings. The van der Waals surface area contributed by atoms with Crippen LogP contribution in [0.5, 0.6) is 0 Å². The van der Waals surface area contributed by atoms with E-state index in [1.54, 1.807) is 0 Å². The molecule has 0 fully saturated rings. The second-order valence-electron chi connectivity index (χ2n) is 3.32. The summed E-state index contributed by atoms with van der Waals surface area (Å²) < 4.78 is 0. The Labute approximate surface area is 56.3 Å². The molecule has 1 aliphatic rings. The number of hydrogen-bond donors (Lipinski definition) is 1. The van der Waals surface area contributed by atoms with E-state index < -0.39 is 0 Å². The van der Waals surface area contributed by atoms with Gasteiger partial charge in [0.05, 0.1) is 0 Å². The van der Waals surface area contributed by atoms with E-state index in [2.05, 4.69) is 26.0 Å². The minimum Gasteiger partial charge on any atom is -0.268 e. The molecule has 1 heterocycles. The van der Waals surface area contributed by atoms with Crippen LogP contribution in [0.15, 0.2) is 12.2 Å². The quantitative estimate of drug-likeness (QED) is 0.383. The normalized spacial score (nSPS) is 26.6. The van der Waals surface area contributed by atoms with E-state index in [1.165, 1.54) is 0 Å². The van der Waals surface area contributed by atoms with Gasteiger partial charge in [-0.15, -0.1) is 0 Å². The molecule has 0 bridgehead atoms. The van der Waals surface area contributed by atoms with Gasteiger partial charge in [-0.2, -0.15) is 0 Å². The van der Waals surface area contributed by atoms with Gasteiger partial charge in [0, 0.05) is 13.1 Å². The van der Waals surface area contributed by atoms with Gasteiger partial charge in [-0.1, -0.05) is 26.0 Å². The van der Waals surface area contributed by atoms with Crippen molar-refractivity contribution in [2.75, 3.05) is 13.1 Å². The summed E-state index contributed by atoms with van der Waals surface area (Å²) in [4.78, 5) is 0. The molecule has 9 heavy (non-hydrogen) atoms. The maximum atomic E-state index is 5.59. The predicted molar refractivity (Wildman–Crippen MR) is 38.7 cm³/mol. The summed E-state index contributed by atoms with van der Waals surface area (Å²) in [5.74, 6) is 5.59. The Balaban J connectivity index is 2.60. The van der Waals surface area contributed by atoms with Crippen molar-refractivity contribution in [1.29, 1.82) is 0 Å². The highest BCUT2D eigenvalue weighted by Crippen LogP contribution is 2.20. The van der Waals surface area contributed by atoms with E-state index in [0.717, 1.165) is 13.1 Å². The molecular weight excluding hydrogens is 112 g/mol. The maximum Gasteiger partial charge on any atom is 0.0309 e. The van der Waals surface area contributed by atoms with Gasteiger partial charge in [0.2, 0.25) is 0 Å². The van der Waals surface area contributed by atoms with Crippen LogP contribution in [0.1, 0.15) is 13.8 Å². The molecule has 0 aliphatic carbocycles. The van der Waals surface area contributed by atoms with E-state index in [4.69, 9.17) is 5.84 Å². The van der Waals surface area contributed by atoms with Crippen LogP contribution in [0, 0.1) is 5.41 Å². The predicted octanol–water partition coefficient (Wildman–Crippen LogP) is 0.758. The van der Waals surface area contributed by atoms with Crippen molar-refractivity contribution in [2.24, 2.45) is 11.3 Å². The summed E-state index contributed by atoms with van der Waals surface area (Å²) in [7, 11) is 0. The molecule has 0 spiro atoms. The molecule has 52 valence electrons. The Morgan fingerprint density at radius 3 is 2.56 bits per heavy atom. The fraction of sp³-hybridized carbons (Fsp3) is 0.714. The van der Waals surface area contributed by atoms with Crippen molar-refractivity contribution in [3.8, 4) is 0 Å². The van der Waals surface area contributed by atoms with Crippen LogP contribution in [0.2, 0.25) is 0 Å². The molecule has 1 rings (SSSR count). The average Bonchev–Trinajstić information content (AvgIpc) is 1.60. The van der Waals surface area contributed by atoms with Crippen LogP contribution in [-0.2, 0) is 0 Å². The number of hydrogen-bond acceptors (Lipinski definition) is 2. The molecule has 0 aromatic carbocycles. The summed E-state index contributed by atoms with van der Waals surface area (Å²) in [5, 5.41) is 1.83. The molecule has 2 nitrogen and oxygen atoms in total. The van der Waals surface area contributed by atoms with Gasteiger partial charge in [0.15, 0.2) is 0 Å². The SMILES string of the molecule is CC1(C)C=CCN(N)C1. The lowest BCUT2D eigenvalue weighted by molar-refractivity contribution is 0.218. The van der Waals surface area contributed by atoms with Crippen molar-refractivity contribution in [2.45, 2.75) is 13.8 Å². The third-order valence-corrected chi connectivity index (χ3v) is 1.52. The minimum absolute atomic E-state index is 0.271. The second-order valence-corrected chi connectivity index (χ2v) is 3.32. The first-order valence-corrected chi connectivity index (χ1v) is 3.27. The van der Waals surface area contributed by atoms with Crippen LogP contribution >= 0.6 is 0 Å². The second kappa shape index (κ2) is 2.12. The van der Waals surface area contributed by atoms with E-state index in [9.17, 15) is 0 Å². The van der Waals surface area contributed by atoms with Gasteiger partial charge in [0.1, 0.15) is 0 Å². The summed E-state index contributed by atoms with van der Waals surface area (Å²) in [6.45, 7) is 6.22. The molecule has 2 heteroatoms. The molecule has 0 saturated heterocycles. The fourth-order valence-electron chi connectivity index (χ4n) is 1.15. The zero-order valence-corrected chi connectivity index (χ0v) is 6.09. The minimum atomic E-state index is 0.271. The van der Waals surface area contributed by atoms with E-state index >= 15 is 0 Å². The molecule has 1 aliphatic heterocycles. The smallest absolute Gasteiger partial charge is 0.0309 e. The topological polar surface area (TPSA) is 29.3 Å². The first-order chi connectivity index (χ1) is 4.10. The van der Waals surface area contributed by atoms with Crippen LogP contribution in [0.3, 0.4) is 0 Å². The Kier molecular flexibility index (Phi) is 1.60. The molecule has 0 atom stereocenters. The van der Waals surface area contributed by atoms with Gasteiger partial charge in [0.25, 0.3) is 0 Å². The van der Waals surface area contributed by atoms with Gasteiger partial charge in [-0.05, 0) is 5.41 Å². The Hall–Kier alpha value is -0.340. The van der Waals surface area contributed by atoms with Crippen LogP contribution in [-0.4, -0.2) is 18.1 Å². The third-order valence-electron chi connectivity index (χ3n) is 1.52. The van der Waals surface area contributed by atoms with Crippen molar-refractivity contribution >= 4 is 0 Å². The largest absolute Gasteiger partial charge is 0.268 e. The maximum absolute atomic E-state index is 5.59. The Morgan fingerprint density at radius 1 is 1.56 bits per heavy atom. The van der Waals surface area contributed by atoms with Gasteiger partial charge in [-0.25, -0.2) is 5.01 Å².